The van der Waals surface area contributed by atoms with Gasteiger partial charge in [-0.1, -0.05) is 25.0 Å². The van der Waals surface area contributed by atoms with Gasteiger partial charge < -0.3 is 15.2 Å². The van der Waals surface area contributed by atoms with E-state index in [1.807, 2.05) is 28.9 Å². The zero-order chi connectivity index (χ0) is 21.2. The van der Waals surface area contributed by atoms with Crippen molar-refractivity contribution in [1.29, 1.82) is 5.26 Å². The van der Waals surface area contributed by atoms with E-state index in [9.17, 15) is 10.1 Å². The molecule has 3 aromatic rings. The fourth-order valence-electron chi connectivity index (χ4n) is 4.50. The highest BCUT2D eigenvalue weighted by atomic mass is 16.1. The maximum Gasteiger partial charge on any atom is 0.261 e. The average Bonchev–Trinajstić information content (AvgIpc) is 3.43. The van der Waals surface area contributed by atoms with Crippen LogP contribution in [0.1, 0.15) is 37.3 Å². The smallest absolute Gasteiger partial charge is 0.261 e. The van der Waals surface area contributed by atoms with Gasteiger partial charge in [0.25, 0.3) is 5.56 Å². The van der Waals surface area contributed by atoms with Crippen LogP contribution in [0.25, 0.3) is 10.9 Å². The first-order valence-electron chi connectivity index (χ1n) is 10.6. The predicted molar refractivity (Wildman–Crippen MR) is 119 cm³/mol. The number of nitriles is 1. The Morgan fingerprint density at radius 1 is 1.26 bits per heavy atom. The van der Waals surface area contributed by atoms with Crippen molar-refractivity contribution in [2.45, 2.75) is 38.3 Å². The molecule has 2 aromatic heterocycles. The van der Waals surface area contributed by atoms with E-state index < -0.39 is 0 Å². The number of pyridine rings is 1. The lowest BCUT2D eigenvalue weighted by atomic mass is 9.85. The predicted octanol–water partition coefficient (Wildman–Crippen LogP) is 3.03. The molecule has 3 N–H and O–H groups in total. The minimum Gasteiger partial charge on any atom is -0.338 e. The van der Waals surface area contributed by atoms with E-state index in [1.54, 1.807) is 12.5 Å². The summed E-state index contributed by atoms with van der Waals surface area (Å²) in [4.78, 5) is 17.5. The Balaban J connectivity index is 1.50. The number of hydrazone groups is 1. The van der Waals surface area contributed by atoms with Gasteiger partial charge in [-0.15, -0.1) is 0 Å². The lowest BCUT2D eigenvalue weighted by molar-refractivity contribution is 0.277. The topological polar surface area (TPSA) is 114 Å². The van der Waals surface area contributed by atoms with Crippen molar-refractivity contribution < 1.29 is 0 Å². The summed E-state index contributed by atoms with van der Waals surface area (Å²) < 4.78 is 1.89. The van der Waals surface area contributed by atoms with Crippen LogP contribution in [0.4, 0.5) is 11.5 Å². The fourth-order valence-corrected chi connectivity index (χ4v) is 4.50. The van der Waals surface area contributed by atoms with Crippen molar-refractivity contribution in [3.05, 3.63) is 52.4 Å². The molecule has 5 rings (SSSR count). The monoisotopic (exact) mass is 416 g/mol. The number of hydrogen-bond donors (Lipinski definition) is 3. The molecule has 31 heavy (non-hydrogen) atoms. The van der Waals surface area contributed by atoms with Crippen LogP contribution in [0.3, 0.4) is 0 Å². The molecule has 3 heterocycles. The molecule has 1 aromatic carbocycles. The molecular weight excluding hydrogens is 392 g/mol. The molecule has 2 unspecified atom stereocenters. The normalized spacial score (nSPS) is 20.5. The maximum atomic E-state index is 12.7. The molecule has 2 atom stereocenters. The lowest BCUT2D eigenvalue weighted by Gasteiger charge is -2.27. The van der Waals surface area contributed by atoms with Crippen molar-refractivity contribution in [2.75, 3.05) is 12.0 Å². The van der Waals surface area contributed by atoms with E-state index in [-0.39, 0.29) is 17.5 Å². The Kier molecular flexibility index (Phi) is 5.04. The molecule has 0 saturated heterocycles. The first kappa shape index (κ1) is 19.2. The van der Waals surface area contributed by atoms with Gasteiger partial charge in [0, 0.05) is 18.4 Å². The molecule has 9 nitrogen and oxygen atoms in total. The highest BCUT2D eigenvalue weighted by Crippen LogP contribution is 2.36. The van der Waals surface area contributed by atoms with Gasteiger partial charge in [0.05, 0.1) is 23.5 Å². The van der Waals surface area contributed by atoms with Gasteiger partial charge in [-0.25, -0.2) is 0 Å². The quantitative estimate of drug-likeness (QED) is 0.589. The number of rotatable bonds is 5. The number of anilines is 2. The Morgan fingerprint density at radius 2 is 2.16 bits per heavy atom. The van der Waals surface area contributed by atoms with Crippen LogP contribution >= 0.6 is 0 Å². The van der Waals surface area contributed by atoms with Crippen LogP contribution in [0.15, 0.2) is 46.4 Å². The number of aromatic amines is 1. The molecule has 1 aliphatic heterocycles. The van der Waals surface area contributed by atoms with E-state index in [2.05, 4.69) is 37.9 Å². The Morgan fingerprint density at radius 3 is 3.00 bits per heavy atom. The molecule has 1 aliphatic carbocycles. The number of nitrogens with zero attached hydrogens (tertiary/aromatic N) is 5. The maximum absolute atomic E-state index is 12.7. The van der Waals surface area contributed by atoms with E-state index in [1.165, 1.54) is 0 Å². The number of benzene rings is 1. The van der Waals surface area contributed by atoms with Gasteiger partial charge in [0.15, 0.2) is 5.82 Å². The van der Waals surface area contributed by atoms with Crippen LogP contribution in [0, 0.1) is 17.2 Å². The van der Waals surface area contributed by atoms with E-state index >= 15 is 0 Å². The molecule has 0 radical (unpaired) electrons. The molecule has 2 aliphatic rings. The third-order valence-corrected chi connectivity index (χ3v) is 6.00. The van der Waals surface area contributed by atoms with Gasteiger partial charge in [0.2, 0.25) is 0 Å². The van der Waals surface area contributed by atoms with E-state index in [0.717, 1.165) is 49.0 Å². The molecule has 9 heteroatoms. The minimum absolute atomic E-state index is 0.0214. The summed E-state index contributed by atoms with van der Waals surface area (Å²) in [7, 11) is 0. The second-order valence-electron chi connectivity index (χ2n) is 8.08. The molecule has 0 bridgehead atoms. The van der Waals surface area contributed by atoms with Gasteiger partial charge in [-0.05, 0) is 36.6 Å². The van der Waals surface area contributed by atoms with Gasteiger partial charge in [-0.2, -0.15) is 15.5 Å². The molecular formula is C22H24N8O. The van der Waals surface area contributed by atoms with Crippen molar-refractivity contribution in [2.24, 2.45) is 11.0 Å². The van der Waals surface area contributed by atoms with Crippen LogP contribution in [-0.4, -0.2) is 32.7 Å². The zero-order valence-electron chi connectivity index (χ0n) is 17.1. The summed E-state index contributed by atoms with van der Waals surface area (Å²) in [5.41, 5.74) is 5.47. The second kappa shape index (κ2) is 8.14. The first-order valence-corrected chi connectivity index (χ1v) is 10.6. The van der Waals surface area contributed by atoms with E-state index in [4.69, 9.17) is 5.10 Å². The van der Waals surface area contributed by atoms with Crippen LogP contribution in [0.5, 0.6) is 0 Å². The molecule has 1 saturated carbocycles. The third kappa shape index (κ3) is 3.72. The largest absolute Gasteiger partial charge is 0.338 e. The summed E-state index contributed by atoms with van der Waals surface area (Å²) >= 11 is 0. The number of nitrogens with one attached hydrogen (secondary N) is 3. The van der Waals surface area contributed by atoms with Crippen LogP contribution in [-0.2, 0) is 6.54 Å². The molecule has 158 valence electrons. The van der Waals surface area contributed by atoms with Gasteiger partial charge in [0.1, 0.15) is 18.4 Å². The number of fused-ring (bicyclic) bond motifs is 1. The summed E-state index contributed by atoms with van der Waals surface area (Å²) in [5, 5.41) is 22.3. The lowest BCUT2D eigenvalue weighted by Crippen LogP contribution is -2.23. The minimum atomic E-state index is -0.189. The first-order chi connectivity index (χ1) is 15.2. The Labute approximate surface area is 179 Å². The standard InChI is InChI=1S/C22H24N8O/c23-11-16-5-1-2-7-18(16)30-19-8-9-24-22(31)20(19)21(28-30)27-17-6-3-4-15(10-17)12-29-13-25-26-14-29/h3-4,6,8-10,13,16,18,26H,1-2,5,7,12,14H2,(H,24,31)(H,27,28). The molecule has 0 amide bonds. The summed E-state index contributed by atoms with van der Waals surface area (Å²) in [6.45, 7) is 1.41. The van der Waals surface area contributed by atoms with Crippen LogP contribution in [0.2, 0.25) is 0 Å². The molecule has 1 fully saturated rings. The highest BCUT2D eigenvalue weighted by molar-refractivity contribution is 5.91. The van der Waals surface area contributed by atoms with Crippen molar-refractivity contribution in [3.63, 3.8) is 0 Å². The van der Waals surface area contributed by atoms with E-state index in [0.29, 0.717) is 17.9 Å². The average molecular weight is 416 g/mol. The number of aromatic nitrogens is 3. The summed E-state index contributed by atoms with van der Waals surface area (Å²) in [6.07, 6.45) is 7.30. The summed E-state index contributed by atoms with van der Waals surface area (Å²) in [5.74, 6) is 0.420. The second-order valence-corrected chi connectivity index (χ2v) is 8.08. The summed E-state index contributed by atoms with van der Waals surface area (Å²) in [6, 6.07) is 12.3. The van der Waals surface area contributed by atoms with Crippen molar-refractivity contribution in [1.82, 2.24) is 25.1 Å². The van der Waals surface area contributed by atoms with Crippen LogP contribution < -0.4 is 16.3 Å². The third-order valence-electron chi connectivity index (χ3n) is 6.00. The number of hydrogen-bond acceptors (Lipinski definition) is 7. The van der Waals surface area contributed by atoms with Gasteiger partial charge in [-0.3, -0.25) is 14.9 Å². The SMILES string of the molecule is N#CC1CCCCC1n1nc(Nc2cccc(CN3C=NNC3)c2)c2c(=O)[nH]ccc21. The van der Waals surface area contributed by atoms with Crippen molar-refractivity contribution >= 4 is 28.7 Å². The Hall–Kier alpha value is -3.80. The zero-order valence-corrected chi connectivity index (χ0v) is 17.1. The highest BCUT2D eigenvalue weighted by Gasteiger charge is 2.29. The fraction of sp³-hybridized carbons (Fsp3) is 0.364. The molecule has 0 spiro atoms. The van der Waals surface area contributed by atoms with Gasteiger partial charge >= 0.3 is 0 Å². The number of H-pyrrole nitrogens is 1. The Bertz CT molecular complexity index is 1220. The van der Waals surface area contributed by atoms with Crippen molar-refractivity contribution in [3.8, 4) is 6.07 Å².